The Hall–Kier alpha value is -2.11. The molecule has 0 atom stereocenters. The van der Waals surface area contributed by atoms with Gasteiger partial charge < -0.3 is 10.2 Å². The van der Waals surface area contributed by atoms with Crippen molar-refractivity contribution in [1.82, 2.24) is 9.88 Å². The molecule has 1 N–H and O–H groups in total. The number of anilines is 2. The molecule has 1 aliphatic heterocycles. The first-order valence-electron chi connectivity index (χ1n) is 9.83. The molecule has 1 aromatic rings. The number of carbonyl (C=O) groups excluding carboxylic acids is 2. The Morgan fingerprint density at radius 1 is 1.15 bits per heavy atom. The zero-order valence-electron chi connectivity index (χ0n) is 16.0. The van der Waals surface area contributed by atoms with Crippen LogP contribution in [0.15, 0.2) is 18.3 Å². The lowest BCUT2D eigenvalue weighted by Crippen LogP contribution is -2.45. The number of urea groups is 1. The number of hydrogen-bond acceptors (Lipinski definition) is 3. The van der Waals surface area contributed by atoms with Crippen molar-refractivity contribution in [2.75, 3.05) is 29.9 Å². The van der Waals surface area contributed by atoms with E-state index in [9.17, 15) is 9.59 Å². The number of amides is 3. The molecule has 26 heavy (non-hydrogen) atoms. The second kappa shape index (κ2) is 8.06. The molecule has 2 aliphatic rings. The number of rotatable bonds is 3. The lowest BCUT2D eigenvalue weighted by molar-refractivity contribution is -0.116. The van der Waals surface area contributed by atoms with Gasteiger partial charge in [0.15, 0.2) is 0 Å². The van der Waals surface area contributed by atoms with E-state index >= 15 is 0 Å². The van der Waals surface area contributed by atoms with Gasteiger partial charge in [-0.15, -0.1) is 0 Å². The van der Waals surface area contributed by atoms with Gasteiger partial charge in [0, 0.05) is 26.6 Å². The van der Waals surface area contributed by atoms with Crippen molar-refractivity contribution in [2.24, 2.45) is 5.41 Å². The van der Waals surface area contributed by atoms with E-state index in [0.717, 1.165) is 25.9 Å². The van der Waals surface area contributed by atoms with E-state index in [1.165, 1.54) is 39.0 Å². The minimum atomic E-state index is -0.0517. The largest absolute Gasteiger partial charge is 0.324 e. The highest BCUT2D eigenvalue weighted by molar-refractivity contribution is 5.91. The number of piperidine rings is 1. The van der Waals surface area contributed by atoms with Gasteiger partial charge in [-0.05, 0) is 50.2 Å². The summed E-state index contributed by atoms with van der Waals surface area (Å²) < 4.78 is 0. The molecule has 3 rings (SSSR count). The van der Waals surface area contributed by atoms with Crippen LogP contribution in [0.4, 0.5) is 16.3 Å². The van der Waals surface area contributed by atoms with E-state index in [1.807, 2.05) is 11.8 Å². The van der Waals surface area contributed by atoms with Crippen LogP contribution in [-0.2, 0) is 4.79 Å². The second-order valence-corrected chi connectivity index (χ2v) is 7.65. The lowest BCUT2D eigenvalue weighted by Gasteiger charge is -2.44. The van der Waals surface area contributed by atoms with Gasteiger partial charge in [-0.25, -0.2) is 9.78 Å². The topological polar surface area (TPSA) is 65.5 Å². The Morgan fingerprint density at radius 2 is 1.85 bits per heavy atom. The van der Waals surface area contributed by atoms with Gasteiger partial charge in [0.1, 0.15) is 5.82 Å². The first-order valence-corrected chi connectivity index (χ1v) is 9.83. The van der Waals surface area contributed by atoms with Crippen molar-refractivity contribution < 1.29 is 9.59 Å². The summed E-state index contributed by atoms with van der Waals surface area (Å²) >= 11 is 0. The zero-order chi connectivity index (χ0) is 18.6. The van der Waals surface area contributed by atoms with Crippen LogP contribution in [-0.4, -0.2) is 41.5 Å². The maximum absolute atomic E-state index is 12.5. The van der Waals surface area contributed by atoms with Crippen molar-refractivity contribution in [2.45, 2.75) is 58.8 Å². The summed E-state index contributed by atoms with van der Waals surface area (Å²) in [6, 6.07) is 3.52. The van der Waals surface area contributed by atoms with Gasteiger partial charge in [0.2, 0.25) is 5.91 Å². The summed E-state index contributed by atoms with van der Waals surface area (Å²) in [4.78, 5) is 32.0. The van der Waals surface area contributed by atoms with Crippen LogP contribution in [0.5, 0.6) is 0 Å². The summed E-state index contributed by atoms with van der Waals surface area (Å²) in [5.41, 5.74) is 1.16. The molecule has 142 valence electrons. The number of hydrogen-bond donors (Lipinski definition) is 1. The molecule has 0 radical (unpaired) electrons. The second-order valence-electron chi connectivity index (χ2n) is 7.65. The number of carbonyl (C=O) groups is 2. The van der Waals surface area contributed by atoms with Crippen LogP contribution >= 0.6 is 0 Å². The fourth-order valence-electron chi connectivity index (χ4n) is 4.35. The average Bonchev–Trinajstić information content (AvgIpc) is 2.64. The third-order valence-corrected chi connectivity index (χ3v) is 6.00. The molecular formula is C20H30N4O2. The molecule has 1 saturated carbocycles. The monoisotopic (exact) mass is 358 g/mol. The average molecular weight is 358 g/mol. The van der Waals surface area contributed by atoms with Crippen LogP contribution in [0.3, 0.4) is 0 Å². The van der Waals surface area contributed by atoms with Gasteiger partial charge >= 0.3 is 6.03 Å². The molecule has 1 aromatic heterocycles. The number of pyridine rings is 1. The Morgan fingerprint density at radius 3 is 2.38 bits per heavy atom. The molecule has 6 heteroatoms. The molecule has 3 amide bonds. The maximum atomic E-state index is 12.5. The van der Waals surface area contributed by atoms with E-state index in [2.05, 4.69) is 10.3 Å². The fourth-order valence-corrected chi connectivity index (χ4v) is 4.35. The van der Waals surface area contributed by atoms with Crippen molar-refractivity contribution in [3.8, 4) is 0 Å². The molecule has 0 bridgehead atoms. The quantitative estimate of drug-likeness (QED) is 0.887. The normalized spacial score (nSPS) is 19.2. The highest BCUT2D eigenvalue weighted by atomic mass is 16.2. The van der Waals surface area contributed by atoms with E-state index < -0.39 is 0 Å². The lowest BCUT2D eigenvalue weighted by atomic mass is 9.68. The first-order chi connectivity index (χ1) is 12.5. The standard InChI is InChI=1S/C20H30N4O2/c1-3-24(16(2)25)18-8-7-17(15-21-18)22-19(26)23-13-11-20(12-14-23)9-5-4-6-10-20/h7-8,15H,3-6,9-14H2,1-2H3,(H,22,26). The molecule has 0 aromatic carbocycles. The Labute approximate surface area is 156 Å². The van der Waals surface area contributed by atoms with Crippen molar-refractivity contribution in [3.05, 3.63) is 18.3 Å². The Balaban J connectivity index is 1.54. The van der Waals surface area contributed by atoms with Gasteiger partial charge in [-0.2, -0.15) is 0 Å². The van der Waals surface area contributed by atoms with Crippen molar-refractivity contribution >= 4 is 23.4 Å². The molecule has 6 nitrogen and oxygen atoms in total. The summed E-state index contributed by atoms with van der Waals surface area (Å²) in [5, 5.41) is 2.94. The van der Waals surface area contributed by atoms with Crippen molar-refractivity contribution in [1.29, 1.82) is 0 Å². The van der Waals surface area contributed by atoms with Gasteiger partial charge in [-0.1, -0.05) is 19.3 Å². The molecule has 2 heterocycles. The van der Waals surface area contributed by atoms with Gasteiger partial charge in [-0.3, -0.25) is 9.69 Å². The molecular weight excluding hydrogens is 328 g/mol. The predicted octanol–water partition coefficient (Wildman–Crippen LogP) is 4.03. The summed E-state index contributed by atoms with van der Waals surface area (Å²) in [5.74, 6) is 0.567. The van der Waals surface area contributed by atoms with E-state index in [1.54, 1.807) is 23.2 Å². The Kier molecular flexibility index (Phi) is 5.79. The van der Waals surface area contributed by atoms with Crippen molar-refractivity contribution in [3.63, 3.8) is 0 Å². The maximum Gasteiger partial charge on any atom is 0.321 e. The fraction of sp³-hybridized carbons (Fsp3) is 0.650. The van der Waals surface area contributed by atoms with Crippen LogP contribution in [0.1, 0.15) is 58.8 Å². The molecule has 1 saturated heterocycles. The molecule has 1 aliphatic carbocycles. The van der Waals surface area contributed by atoms with Gasteiger partial charge in [0.05, 0.1) is 11.9 Å². The zero-order valence-corrected chi connectivity index (χ0v) is 16.0. The summed E-state index contributed by atoms with van der Waals surface area (Å²) in [6.07, 6.45) is 10.6. The van der Waals surface area contributed by atoms with Crippen LogP contribution in [0.25, 0.3) is 0 Å². The van der Waals surface area contributed by atoms with Crippen LogP contribution in [0, 0.1) is 5.41 Å². The van der Waals surface area contributed by atoms with Crippen LogP contribution in [0.2, 0.25) is 0 Å². The summed E-state index contributed by atoms with van der Waals surface area (Å²) in [6.45, 7) is 5.69. The third-order valence-electron chi connectivity index (χ3n) is 6.00. The molecule has 2 fully saturated rings. The Bertz CT molecular complexity index is 628. The molecule has 0 unspecified atom stereocenters. The SMILES string of the molecule is CCN(C(C)=O)c1ccc(NC(=O)N2CCC3(CCCCC3)CC2)cn1. The third kappa shape index (κ3) is 4.17. The minimum Gasteiger partial charge on any atom is -0.324 e. The van der Waals surface area contributed by atoms with Gasteiger partial charge in [0.25, 0.3) is 0 Å². The van der Waals surface area contributed by atoms with E-state index in [4.69, 9.17) is 0 Å². The highest BCUT2D eigenvalue weighted by Gasteiger charge is 2.36. The first kappa shape index (κ1) is 18.7. The van der Waals surface area contributed by atoms with Crippen LogP contribution < -0.4 is 10.2 Å². The smallest absolute Gasteiger partial charge is 0.321 e. The van der Waals surface area contributed by atoms with E-state index in [-0.39, 0.29) is 11.9 Å². The molecule has 1 spiro atoms. The number of nitrogens with zero attached hydrogens (tertiary/aromatic N) is 3. The number of nitrogens with one attached hydrogen (secondary N) is 1. The van der Waals surface area contributed by atoms with E-state index in [0.29, 0.717) is 23.5 Å². The summed E-state index contributed by atoms with van der Waals surface area (Å²) in [7, 11) is 0. The highest BCUT2D eigenvalue weighted by Crippen LogP contribution is 2.44. The number of likely N-dealkylation sites (tertiary alicyclic amines) is 1. The number of aromatic nitrogens is 1. The predicted molar refractivity (Wildman–Crippen MR) is 103 cm³/mol. The minimum absolute atomic E-state index is 0.0401.